The first-order valence-electron chi connectivity index (χ1n) is 10.6. The molecule has 0 N–H and O–H groups in total. The maximum absolute atomic E-state index is 4.40. The molecule has 146 valence electrons. The molecule has 0 aromatic heterocycles. The highest BCUT2D eigenvalue weighted by molar-refractivity contribution is 6.84. The molecule has 1 aromatic rings. The van der Waals surface area contributed by atoms with E-state index in [1.807, 2.05) is 0 Å². The van der Waals surface area contributed by atoms with Gasteiger partial charge in [-0.2, -0.15) is 0 Å². The van der Waals surface area contributed by atoms with Gasteiger partial charge >= 0.3 is 0 Å². The van der Waals surface area contributed by atoms with E-state index in [-0.39, 0.29) is 0 Å². The zero-order valence-electron chi connectivity index (χ0n) is 18.3. The lowest BCUT2D eigenvalue weighted by Crippen LogP contribution is -2.31. The second-order valence-electron chi connectivity index (χ2n) is 9.80. The van der Waals surface area contributed by atoms with Gasteiger partial charge in [-0.05, 0) is 36.1 Å². The van der Waals surface area contributed by atoms with Gasteiger partial charge in [0.15, 0.2) is 0 Å². The Balaban J connectivity index is 2.01. The van der Waals surface area contributed by atoms with Crippen LogP contribution in [0.4, 0.5) is 0 Å². The van der Waals surface area contributed by atoms with Crippen molar-refractivity contribution in [2.45, 2.75) is 78.9 Å². The first-order chi connectivity index (χ1) is 12.7. The van der Waals surface area contributed by atoms with E-state index < -0.39 is 8.07 Å². The molecule has 0 atom stereocenters. The molecule has 0 radical (unpaired) electrons. The lowest BCUT2D eigenvalue weighted by atomic mass is 9.83. The van der Waals surface area contributed by atoms with Crippen LogP contribution in [0.25, 0.3) is 0 Å². The van der Waals surface area contributed by atoms with Crippen molar-refractivity contribution in [3.8, 4) is 0 Å². The summed E-state index contributed by atoms with van der Waals surface area (Å²) in [5.74, 6) is 0.863. The summed E-state index contributed by atoms with van der Waals surface area (Å²) in [7, 11) is -1.41. The van der Waals surface area contributed by atoms with Crippen molar-refractivity contribution in [3.63, 3.8) is 0 Å². The number of benzene rings is 1. The number of nitrogens with zero attached hydrogens (tertiary/aromatic N) is 1. The fraction of sp³-hybridized carbons (Fsp3) is 0.520. The van der Waals surface area contributed by atoms with Crippen LogP contribution < -0.4 is 0 Å². The molecule has 1 saturated carbocycles. The minimum atomic E-state index is -1.41. The van der Waals surface area contributed by atoms with Crippen molar-refractivity contribution in [1.82, 2.24) is 0 Å². The van der Waals surface area contributed by atoms with Crippen LogP contribution >= 0.6 is 0 Å². The van der Waals surface area contributed by atoms with Crippen LogP contribution in [0.2, 0.25) is 19.6 Å². The summed E-state index contributed by atoms with van der Waals surface area (Å²) in [4.78, 5) is 0. The maximum atomic E-state index is 4.40. The van der Waals surface area contributed by atoms with Crippen molar-refractivity contribution >= 4 is 14.8 Å². The van der Waals surface area contributed by atoms with Crippen LogP contribution in [0.3, 0.4) is 0 Å². The smallest absolute Gasteiger partial charge is 0.147 e. The molecular weight excluding hydrogens is 342 g/mol. The molecule has 1 aliphatic heterocycles. The minimum absolute atomic E-state index is 0.863. The van der Waals surface area contributed by atoms with Gasteiger partial charge in [-0.3, -0.25) is 4.58 Å². The van der Waals surface area contributed by atoms with Gasteiger partial charge in [-0.1, -0.05) is 100.0 Å². The Morgan fingerprint density at radius 1 is 1.04 bits per heavy atom. The van der Waals surface area contributed by atoms with Gasteiger partial charge in [-0.15, -0.1) is 0 Å². The highest BCUT2D eigenvalue weighted by atomic mass is 28.3. The maximum Gasteiger partial charge on any atom is 0.147 e. The van der Waals surface area contributed by atoms with E-state index in [0.717, 1.165) is 5.92 Å². The third-order valence-corrected chi connectivity index (χ3v) is 8.29. The van der Waals surface area contributed by atoms with Gasteiger partial charge in [0.2, 0.25) is 0 Å². The van der Waals surface area contributed by atoms with E-state index in [0.29, 0.717) is 0 Å². The van der Waals surface area contributed by atoms with Crippen LogP contribution in [-0.2, 0) is 0 Å². The van der Waals surface area contributed by atoms with Crippen molar-refractivity contribution in [2.24, 2.45) is 5.92 Å². The quantitative estimate of drug-likeness (QED) is 0.305. The molecule has 1 heterocycles. The molecule has 0 unspecified atom stereocenters. The average molecular weight is 380 g/mol. The monoisotopic (exact) mass is 379 g/mol. The fourth-order valence-electron chi connectivity index (χ4n) is 4.98. The van der Waals surface area contributed by atoms with E-state index >= 15 is 0 Å². The average Bonchev–Trinajstić information content (AvgIpc) is 2.56. The second-order valence-corrected chi connectivity index (χ2v) is 14.8. The highest BCUT2D eigenvalue weighted by Crippen LogP contribution is 2.39. The summed E-state index contributed by atoms with van der Waals surface area (Å²) < 4.78 is 2.14. The minimum Gasteiger partial charge on any atom is -0.255 e. The third kappa shape index (κ3) is 4.48. The van der Waals surface area contributed by atoms with Crippen LogP contribution in [0, 0.1) is 32.7 Å². The normalized spacial score (nSPS) is 19.2. The largest absolute Gasteiger partial charge is 0.255 e. The zero-order valence-corrected chi connectivity index (χ0v) is 19.3. The molecule has 0 amide bonds. The Morgan fingerprint density at radius 2 is 1.63 bits per heavy atom. The summed E-state index contributed by atoms with van der Waals surface area (Å²) in [5, 5.41) is 1.59. The Morgan fingerprint density at radius 3 is 2.19 bits per heavy atom. The summed E-state index contributed by atoms with van der Waals surface area (Å²) in [5.41, 5.74) is 7.01. The number of rotatable bonds is 4. The molecule has 1 nitrogen and oxygen atoms in total. The van der Waals surface area contributed by atoms with Gasteiger partial charge in [0.25, 0.3) is 0 Å². The highest BCUT2D eigenvalue weighted by Gasteiger charge is 2.31. The van der Waals surface area contributed by atoms with Crippen molar-refractivity contribution in [3.05, 3.63) is 63.5 Å². The van der Waals surface area contributed by atoms with Crippen LogP contribution in [0.1, 0.15) is 60.8 Å². The lowest BCUT2D eigenvalue weighted by Gasteiger charge is -2.34. The van der Waals surface area contributed by atoms with Crippen molar-refractivity contribution < 1.29 is 4.58 Å². The van der Waals surface area contributed by atoms with Gasteiger partial charge in [0.05, 0.1) is 14.8 Å². The molecule has 1 aliphatic carbocycles. The summed E-state index contributed by atoms with van der Waals surface area (Å²) >= 11 is 0. The summed E-state index contributed by atoms with van der Waals surface area (Å²) in [6, 6.07) is 5.88. The van der Waals surface area contributed by atoms with Gasteiger partial charge in [-0.25, -0.2) is 0 Å². The Labute approximate surface area is 167 Å². The van der Waals surface area contributed by atoms with Crippen LogP contribution in [-0.4, -0.2) is 19.4 Å². The van der Waals surface area contributed by atoms with E-state index in [1.165, 1.54) is 66.8 Å². The van der Waals surface area contributed by atoms with Crippen molar-refractivity contribution in [2.75, 3.05) is 0 Å². The predicted molar refractivity (Wildman–Crippen MR) is 121 cm³/mol. The Bertz CT molecular complexity index is 762. The Hall–Kier alpha value is -1.54. The van der Waals surface area contributed by atoms with Crippen LogP contribution in [0.5, 0.6) is 0 Å². The van der Waals surface area contributed by atoms with Gasteiger partial charge in [0, 0.05) is 0 Å². The molecule has 2 heteroatoms. The second kappa shape index (κ2) is 7.83. The van der Waals surface area contributed by atoms with Crippen LogP contribution in [0.15, 0.2) is 35.2 Å². The van der Waals surface area contributed by atoms with Crippen molar-refractivity contribution in [1.29, 1.82) is 0 Å². The summed E-state index contributed by atoms with van der Waals surface area (Å²) in [6.45, 7) is 18.5. The van der Waals surface area contributed by atoms with E-state index in [9.17, 15) is 0 Å². The number of aryl methyl sites for hydroxylation is 3. The predicted octanol–water partition coefficient (Wildman–Crippen LogP) is 6.88. The van der Waals surface area contributed by atoms with Gasteiger partial charge in [0.1, 0.15) is 12.2 Å². The molecule has 0 bridgehead atoms. The summed E-state index contributed by atoms with van der Waals surface area (Å²) in [6.07, 6.45) is 13.2. The SMILES string of the molecule is C=[N+]1C=C([Si](C)(C)C)C(CC2CCCCC2)=C[C-]1c1c(C)cc(C)cc1C. The fourth-order valence-corrected chi connectivity index (χ4v) is 6.66. The number of hydrogen-bond donors (Lipinski definition) is 0. The molecule has 1 aromatic carbocycles. The Kier molecular flexibility index (Phi) is 5.86. The molecule has 27 heavy (non-hydrogen) atoms. The van der Waals surface area contributed by atoms with E-state index in [1.54, 1.807) is 10.8 Å². The molecule has 0 spiro atoms. The molecular formula is C25H37NSi. The van der Waals surface area contributed by atoms with E-state index in [2.05, 4.69) is 76.1 Å². The topological polar surface area (TPSA) is 3.01 Å². The first kappa shape index (κ1) is 20.2. The zero-order chi connectivity index (χ0) is 19.8. The number of hydrogen-bond acceptors (Lipinski definition) is 0. The molecule has 3 rings (SSSR count). The lowest BCUT2D eigenvalue weighted by molar-refractivity contribution is -0.418. The number of allylic oxidation sites excluding steroid dienone is 2. The van der Waals surface area contributed by atoms with Gasteiger partial charge < -0.3 is 0 Å². The molecule has 0 saturated heterocycles. The molecule has 2 aliphatic rings. The third-order valence-electron chi connectivity index (χ3n) is 6.23. The molecule has 1 fully saturated rings. The standard InChI is InChI=1S/C25H37NSi/c1-18-13-19(2)25(20(3)14-18)23-16-22(15-21-11-9-8-10-12-21)24(17-26(23)4)27(5,6)7/h13-14,16-17,21H,4,8-12,15H2,1-3,5-7H3. The first-order valence-corrected chi connectivity index (χ1v) is 14.1. The van der Waals surface area contributed by atoms with E-state index in [4.69, 9.17) is 0 Å².